The van der Waals surface area contributed by atoms with Crippen LogP contribution in [0.4, 0.5) is 13.2 Å². The molecule has 90 valence electrons. The van der Waals surface area contributed by atoms with Gasteiger partial charge < -0.3 is 5.73 Å². The molecule has 1 aromatic carbocycles. The van der Waals surface area contributed by atoms with E-state index >= 15 is 0 Å². The molecule has 1 rings (SSSR count). The van der Waals surface area contributed by atoms with E-state index in [0.29, 0.717) is 12.0 Å². The zero-order valence-corrected chi connectivity index (χ0v) is 9.78. The lowest BCUT2D eigenvalue weighted by molar-refractivity contribution is -0.137. The second-order valence-electron chi connectivity index (χ2n) is 4.51. The number of benzene rings is 1. The van der Waals surface area contributed by atoms with Crippen molar-refractivity contribution in [3.05, 3.63) is 34.3 Å². The number of alkyl halides is 3. The first-order valence-electron chi connectivity index (χ1n) is 4.73. The molecule has 0 spiro atoms. The van der Waals surface area contributed by atoms with Crippen LogP contribution < -0.4 is 5.73 Å². The lowest BCUT2D eigenvalue weighted by Gasteiger charge is -2.19. The largest absolute Gasteiger partial charge is 0.416 e. The highest BCUT2D eigenvalue weighted by atomic mass is 35.5. The average Bonchev–Trinajstić information content (AvgIpc) is 1.97. The van der Waals surface area contributed by atoms with Crippen LogP contribution in [0.2, 0.25) is 5.02 Å². The minimum absolute atomic E-state index is 0.0778. The molecule has 0 unspecified atom stereocenters. The normalized spacial score (nSPS) is 12.9. The molecule has 16 heavy (non-hydrogen) atoms. The fourth-order valence-electron chi connectivity index (χ4n) is 1.44. The van der Waals surface area contributed by atoms with Crippen molar-refractivity contribution in [3.63, 3.8) is 0 Å². The fourth-order valence-corrected chi connectivity index (χ4v) is 1.70. The summed E-state index contributed by atoms with van der Waals surface area (Å²) in [5, 5.41) is 0.0778. The van der Waals surface area contributed by atoms with Crippen LogP contribution in [0.3, 0.4) is 0 Å². The van der Waals surface area contributed by atoms with Crippen LogP contribution in [-0.2, 0) is 12.6 Å². The summed E-state index contributed by atoms with van der Waals surface area (Å²) in [6.45, 7) is 3.50. The molecular weight excluding hydrogens is 239 g/mol. The number of halogens is 4. The van der Waals surface area contributed by atoms with Crippen molar-refractivity contribution in [3.8, 4) is 0 Å². The van der Waals surface area contributed by atoms with Gasteiger partial charge in [-0.15, -0.1) is 0 Å². The van der Waals surface area contributed by atoms with Crippen LogP contribution in [0.1, 0.15) is 25.0 Å². The summed E-state index contributed by atoms with van der Waals surface area (Å²) in [4.78, 5) is 0. The number of nitrogens with two attached hydrogens (primary N) is 1. The summed E-state index contributed by atoms with van der Waals surface area (Å²) >= 11 is 5.64. The maximum atomic E-state index is 12.5. The van der Waals surface area contributed by atoms with Crippen molar-refractivity contribution in [2.45, 2.75) is 32.0 Å². The van der Waals surface area contributed by atoms with Crippen LogP contribution in [-0.4, -0.2) is 5.54 Å². The van der Waals surface area contributed by atoms with E-state index in [4.69, 9.17) is 17.3 Å². The molecule has 0 aliphatic carbocycles. The van der Waals surface area contributed by atoms with Crippen LogP contribution in [0.25, 0.3) is 0 Å². The Hall–Kier alpha value is -0.740. The highest BCUT2D eigenvalue weighted by Gasteiger charge is 2.31. The van der Waals surface area contributed by atoms with Gasteiger partial charge in [0.25, 0.3) is 0 Å². The highest BCUT2D eigenvalue weighted by molar-refractivity contribution is 6.30. The third-order valence-electron chi connectivity index (χ3n) is 1.94. The van der Waals surface area contributed by atoms with Crippen molar-refractivity contribution in [1.82, 2.24) is 0 Å². The average molecular weight is 252 g/mol. The Morgan fingerprint density at radius 2 is 1.75 bits per heavy atom. The van der Waals surface area contributed by atoms with E-state index in [2.05, 4.69) is 0 Å². The summed E-state index contributed by atoms with van der Waals surface area (Å²) in [5.41, 5.74) is 4.95. The third-order valence-corrected chi connectivity index (χ3v) is 2.16. The second kappa shape index (κ2) is 4.26. The van der Waals surface area contributed by atoms with Gasteiger partial charge in [-0.3, -0.25) is 0 Å². The molecule has 1 nitrogen and oxygen atoms in total. The summed E-state index contributed by atoms with van der Waals surface area (Å²) < 4.78 is 37.5. The lowest BCUT2D eigenvalue weighted by Crippen LogP contribution is -2.34. The number of hydrogen-bond acceptors (Lipinski definition) is 1. The van der Waals surface area contributed by atoms with E-state index < -0.39 is 17.3 Å². The SMILES string of the molecule is CC(C)(N)Cc1cc(Cl)cc(C(F)(F)F)c1. The standard InChI is InChI=1S/C11H13ClF3N/c1-10(2,16)6-7-3-8(11(13,14)15)5-9(12)4-7/h3-5H,6,16H2,1-2H3. The molecule has 0 atom stereocenters. The van der Waals surface area contributed by atoms with Crippen LogP contribution >= 0.6 is 11.6 Å². The highest BCUT2D eigenvalue weighted by Crippen LogP contribution is 2.32. The lowest BCUT2D eigenvalue weighted by atomic mass is 9.95. The summed E-state index contributed by atoms with van der Waals surface area (Å²) in [7, 11) is 0. The number of rotatable bonds is 2. The molecule has 0 saturated carbocycles. The second-order valence-corrected chi connectivity index (χ2v) is 4.95. The van der Waals surface area contributed by atoms with E-state index in [1.54, 1.807) is 13.8 Å². The maximum Gasteiger partial charge on any atom is 0.416 e. The maximum absolute atomic E-state index is 12.5. The van der Waals surface area contributed by atoms with E-state index in [0.717, 1.165) is 12.1 Å². The van der Waals surface area contributed by atoms with Crippen LogP contribution in [0.5, 0.6) is 0 Å². The molecule has 0 bridgehead atoms. The Morgan fingerprint density at radius 3 is 2.19 bits per heavy atom. The van der Waals surface area contributed by atoms with Crippen molar-refractivity contribution in [2.75, 3.05) is 0 Å². The molecule has 2 N–H and O–H groups in total. The van der Waals surface area contributed by atoms with Gasteiger partial charge in [-0.25, -0.2) is 0 Å². The van der Waals surface area contributed by atoms with E-state index in [1.807, 2.05) is 0 Å². The third kappa shape index (κ3) is 4.02. The van der Waals surface area contributed by atoms with Crippen molar-refractivity contribution >= 4 is 11.6 Å². The predicted molar refractivity (Wildman–Crippen MR) is 58.4 cm³/mol. The van der Waals surface area contributed by atoms with Crippen molar-refractivity contribution in [1.29, 1.82) is 0 Å². The predicted octanol–water partition coefficient (Wildman–Crippen LogP) is 3.64. The molecule has 0 heterocycles. The molecule has 0 aromatic heterocycles. The fraction of sp³-hybridized carbons (Fsp3) is 0.455. The van der Waals surface area contributed by atoms with Gasteiger partial charge in [0.1, 0.15) is 0 Å². The Morgan fingerprint density at radius 1 is 1.19 bits per heavy atom. The van der Waals surface area contributed by atoms with Gasteiger partial charge in [0, 0.05) is 10.6 Å². The Balaban J connectivity index is 3.09. The summed E-state index contributed by atoms with van der Waals surface area (Å²) in [6, 6.07) is 3.50. The van der Waals surface area contributed by atoms with Crippen LogP contribution in [0, 0.1) is 0 Å². The van der Waals surface area contributed by atoms with Crippen molar-refractivity contribution in [2.24, 2.45) is 5.73 Å². The van der Waals surface area contributed by atoms with Crippen LogP contribution in [0.15, 0.2) is 18.2 Å². The smallest absolute Gasteiger partial charge is 0.325 e. The van der Waals surface area contributed by atoms with Gasteiger partial charge in [-0.1, -0.05) is 11.6 Å². The van der Waals surface area contributed by atoms with Gasteiger partial charge >= 0.3 is 6.18 Å². The van der Waals surface area contributed by atoms with Gasteiger partial charge in [-0.05, 0) is 44.0 Å². The van der Waals surface area contributed by atoms with E-state index in [-0.39, 0.29) is 5.02 Å². The van der Waals surface area contributed by atoms with Gasteiger partial charge in [-0.2, -0.15) is 13.2 Å². The molecule has 0 radical (unpaired) electrons. The Bertz CT molecular complexity index is 380. The van der Waals surface area contributed by atoms with Gasteiger partial charge in [0.05, 0.1) is 5.56 Å². The Labute approximate surface area is 97.4 Å². The molecule has 0 fully saturated rings. The minimum Gasteiger partial charge on any atom is -0.325 e. The zero-order valence-electron chi connectivity index (χ0n) is 9.03. The monoisotopic (exact) mass is 251 g/mol. The molecule has 5 heteroatoms. The van der Waals surface area contributed by atoms with E-state index in [1.165, 1.54) is 6.07 Å². The molecule has 1 aromatic rings. The summed E-state index contributed by atoms with van der Waals surface area (Å²) in [6.07, 6.45) is -4.03. The molecular formula is C11H13ClF3N. The number of hydrogen-bond donors (Lipinski definition) is 1. The zero-order chi connectivity index (χ0) is 12.6. The Kier molecular flexibility index (Phi) is 3.55. The molecule has 0 aliphatic rings. The topological polar surface area (TPSA) is 26.0 Å². The van der Waals surface area contributed by atoms with Gasteiger partial charge in [0.2, 0.25) is 0 Å². The van der Waals surface area contributed by atoms with E-state index in [9.17, 15) is 13.2 Å². The molecule has 0 saturated heterocycles. The first-order chi connectivity index (χ1) is 7.08. The first-order valence-corrected chi connectivity index (χ1v) is 5.11. The quantitative estimate of drug-likeness (QED) is 0.853. The van der Waals surface area contributed by atoms with Crippen molar-refractivity contribution < 1.29 is 13.2 Å². The minimum atomic E-state index is -4.38. The molecule has 0 amide bonds. The molecule has 0 aliphatic heterocycles. The summed E-state index contributed by atoms with van der Waals surface area (Å²) in [5.74, 6) is 0. The van der Waals surface area contributed by atoms with Gasteiger partial charge in [0.15, 0.2) is 0 Å². The first kappa shape index (κ1) is 13.3.